The second kappa shape index (κ2) is 12.7. The van der Waals surface area contributed by atoms with Crippen LogP contribution in [0.5, 0.6) is 5.75 Å². The van der Waals surface area contributed by atoms with Crippen LogP contribution in [-0.4, -0.2) is 64.9 Å². The summed E-state index contributed by atoms with van der Waals surface area (Å²) in [4.78, 5) is 26.0. The number of alkyl halides is 3. The third-order valence-electron chi connectivity index (χ3n) is 6.54. The fourth-order valence-corrected chi connectivity index (χ4v) is 4.32. The molecule has 0 aromatic heterocycles. The molecule has 4 rings (SSSR count). The summed E-state index contributed by atoms with van der Waals surface area (Å²) >= 11 is 0. The van der Waals surface area contributed by atoms with Crippen LogP contribution < -0.4 is 10.1 Å². The number of carbonyl (C=O) groups excluding carboxylic acids is 1. The molecule has 0 aliphatic carbocycles. The van der Waals surface area contributed by atoms with Crippen LogP contribution in [0.15, 0.2) is 42.5 Å². The molecule has 2 heterocycles. The minimum absolute atomic E-state index is 0.00671. The van der Waals surface area contributed by atoms with E-state index in [-0.39, 0.29) is 24.2 Å². The van der Waals surface area contributed by atoms with Gasteiger partial charge >= 0.3 is 18.2 Å². The number of urea groups is 1. The summed E-state index contributed by atoms with van der Waals surface area (Å²) in [6.07, 6.45) is 0.579. The largest absolute Gasteiger partial charge is 0.490 e. The average Bonchev–Trinajstić information content (AvgIpc) is 2.87. The van der Waals surface area contributed by atoms with Gasteiger partial charge in [-0.1, -0.05) is 18.2 Å². The molecule has 0 atom stereocenters. The quantitative estimate of drug-likeness (QED) is 0.459. The van der Waals surface area contributed by atoms with Gasteiger partial charge in [-0.15, -0.1) is 0 Å². The van der Waals surface area contributed by atoms with Crippen molar-refractivity contribution >= 4 is 18.1 Å². The fourth-order valence-electron chi connectivity index (χ4n) is 4.32. The number of nitrogens with zero attached hydrogens (tertiary/aromatic N) is 2. The molecule has 0 radical (unpaired) electrons. The lowest BCUT2D eigenvalue weighted by molar-refractivity contribution is -0.192. The number of likely N-dealkylation sites (tertiary alicyclic amines) is 1. The van der Waals surface area contributed by atoms with Gasteiger partial charge in [0.2, 0.25) is 0 Å². The minimum Gasteiger partial charge on any atom is -0.483 e. The van der Waals surface area contributed by atoms with Crippen LogP contribution in [-0.2, 0) is 17.9 Å². The third-order valence-corrected chi connectivity index (χ3v) is 6.54. The Balaban J connectivity index is 0.000000559. The molecule has 0 saturated carbocycles. The second-order valence-corrected chi connectivity index (χ2v) is 10.3. The van der Waals surface area contributed by atoms with E-state index < -0.39 is 23.8 Å². The van der Waals surface area contributed by atoms with Gasteiger partial charge in [-0.3, -0.25) is 0 Å². The van der Waals surface area contributed by atoms with E-state index in [9.17, 15) is 26.7 Å². The van der Waals surface area contributed by atoms with Gasteiger partial charge in [0.05, 0.1) is 6.54 Å². The highest BCUT2D eigenvalue weighted by Crippen LogP contribution is 2.31. The zero-order valence-electron chi connectivity index (χ0n) is 22.4. The summed E-state index contributed by atoms with van der Waals surface area (Å²) in [5.41, 5.74) is 1.89. The number of ether oxygens (including phenoxy) is 1. The van der Waals surface area contributed by atoms with E-state index in [0.29, 0.717) is 12.1 Å². The molecule has 2 aromatic rings. The van der Waals surface area contributed by atoms with Crippen molar-refractivity contribution in [2.24, 2.45) is 0 Å². The zero-order chi connectivity index (χ0) is 29.7. The molecule has 0 spiro atoms. The SMILES string of the molecule is CN1CCC(N(Cc2ccc(F)cc2F)C(=O)NCc2ccc3c(c2)C=CC(C)(C)O3)CC1.O=C(O)C(F)(F)F. The molecule has 2 aliphatic rings. The Labute approximate surface area is 229 Å². The minimum atomic E-state index is -5.08. The van der Waals surface area contributed by atoms with E-state index in [1.807, 2.05) is 44.2 Å². The van der Waals surface area contributed by atoms with Crippen LogP contribution in [0.2, 0.25) is 0 Å². The Hall–Kier alpha value is -3.67. The Bertz CT molecular complexity index is 1240. The van der Waals surface area contributed by atoms with Gasteiger partial charge in [-0.2, -0.15) is 13.2 Å². The standard InChI is InChI=1S/C26H31F2N3O2.C2HF3O2/c1-26(2)11-8-19-14-18(4-7-24(19)33-26)16-29-25(32)31(22-9-12-30(3)13-10-22)17-20-5-6-21(27)15-23(20)28;3-2(4,5)1(6)7/h4-8,11,14-15,22H,9-10,12-13,16-17H2,1-3H3,(H,29,32);(H,6,7). The molecule has 2 aliphatic heterocycles. The lowest BCUT2D eigenvalue weighted by Gasteiger charge is -2.37. The number of amides is 2. The molecule has 2 aromatic carbocycles. The molecule has 2 N–H and O–H groups in total. The second-order valence-electron chi connectivity index (χ2n) is 10.3. The van der Waals surface area contributed by atoms with Crippen molar-refractivity contribution in [1.82, 2.24) is 15.1 Å². The van der Waals surface area contributed by atoms with Crippen molar-refractivity contribution < 1.29 is 41.4 Å². The molecular formula is C28H32F5N3O4. The van der Waals surface area contributed by atoms with Gasteiger partial charge in [-0.05, 0) is 76.7 Å². The number of fused-ring (bicyclic) bond motifs is 1. The number of piperidine rings is 1. The summed E-state index contributed by atoms with van der Waals surface area (Å²) in [5.74, 6) is -3.20. The highest BCUT2D eigenvalue weighted by molar-refractivity contribution is 5.75. The smallest absolute Gasteiger partial charge is 0.483 e. The van der Waals surface area contributed by atoms with Gasteiger partial charge in [-0.25, -0.2) is 18.4 Å². The van der Waals surface area contributed by atoms with E-state index in [1.165, 1.54) is 12.1 Å². The number of hydrogen-bond acceptors (Lipinski definition) is 4. The predicted octanol–water partition coefficient (Wildman–Crippen LogP) is 5.59. The molecule has 40 heavy (non-hydrogen) atoms. The highest BCUT2D eigenvalue weighted by Gasteiger charge is 2.38. The first-order valence-electron chi connectivity index (χ1n) is 12.6. The number of benzene rings is 2. The Kier molecular flexibility index (Phi) is 9.78. The highest BCUT2D eigenvalue weighted by atomic mass is 19.4. The van der Waals surface area contributed by atoms with Crippen molar-refractivity contribution in [3.05, 3.63) is 70.8 Å². The summed E-state index contributed by atoms with van der Waals surface area (Å²) < 4.78 is 65.4. The molecule has 2 amide bonds. The summed E-state index contributed by atoms with van der Waals surface area (Å²) in [5, 5.41) is 10.1. The zero-order valence-corrected chi connectivity index (χ0v) is 22.4. The average molecular weight is 570 g/mol. The lowest BCUT2D eigenvalue weighted by Crippen LogP contribution is -2.49. The molecule has 218 valence electrons. The van der Waals surface area contributed by atoms with Gasteiger partial charge in [0, 0.05) is 29.8 Å². The first-order chi connectivity index (χ1) is 18.6. The number of aliphatic carboxylic acids is 1. The molecule has 7 nitrogen and oxygen atoms in total. The van der Waals surface area contributed by atoms with Crippen molar-refractivity contribution in [3.8, 4) is 5.75 Å². The number of carbonyl (C=O) groups is 2. The normalized spacial score (nSPS) is 16.7. The monoisotopic (exact) mass is 569 g/mol. The van der Waals surface area contributed by atoms with Crippen molar-refractivity contribution in [2.75, 3.05) is 20.1 Å². The van der Waals surface area contributed by atoms with Gasteiger partial charge in [0.25, 0.3) is 0 Å². The Morgan fingerprint density at radius 3 is 2.38 bits per heavy atom. The molecule has 12 heteroatoms. The summed E-state index contributed by atoms with van der Waals surface area (Å²) in [6, 6.07) is 9.11. The van der Waals surface area contributed by atoms with Crippen molar-refractivity contribution in [1.29, 1.82) is 0 Å². The van der Waals surface area contributed by atoms with E-state index >= 15 is 0 Å². The number of nitrogens with one attached hydrogen (secondary N) is 1. The lowest BCUT2D eigenvalue weighted by atomic mass is 10.0. The number of hydrogen-bond donors (Lipinski definition) is 2. The number of carboxylic acid groups (broad SMARTS) is 1. The van der Waals surface area contributed by atoms with Crippen LogP contribution in [0.4, 0.5) is 26.7 Å². The summed E-state index contributed by atoms with van der Waals surface area (Å²) in [7, 11) is 2.05. The topological polar surface area (TPSA) is 82.1 Å². The maximum atomic E-state index is 14.3. The van der Waals surface area contributed by atoms with Crippen LogP contribution in [0, 0.1) is 11.6 Å². The fraction of sp³-hybridized carbons (Fsp3) is 0.429. The Morgan fingerprint density at radius 1 is 1.12 bits per heavy atom. The molecule has 1 saturated heterocycles. The summed E-state index contributed by atoms with van der Waals surface area (Å²) in [6.45, 7) is 6.19. The maximum absolute atomic E-state index is 14.3. The number of halogens is 5. The van der Waals surface area contributed by atoms with Crippen LogP contribution in [0.25, 0.3) is 6.08 Å². The number of rotatable bonds is 5. The first kappa shape index (κ1) is 30.9. The molecule has 1 fully saturated rings. The first-order valence-corrected chi connectivity index (χ1v) is 12.6. The van der Waals surface area contributed by atoms with E-state index in [4.69, 9.17) is 14.6 Å². The Morgan fingerprint density at radius 2 is 1.77 bits per heavy atom. The van der Waals surface area contributed by atoms with Crippen LogP contribution in [0.3, 0.4) is 0 Å². The third kappa shape index (κ3) is 8.67. The van der Waals surface area contributed by atoms with Gasteiger partial charge < -0.3 is 25.0 Å². The van der Waals surface area contributed by atoms with E-state index in [2.05, 4.69) is 17.3 Å². The van der Waals surface area contributed by atoms with Gasteiger partial charge in [0.15, 0.2) is 0 Å². The van der Waals surface area contributed by atoms with E-state index in [0.717, 1.165) is 48.9 Å². The van der Waals surface area contributed by atoms with Gasteiger partial charge in [0.1, 0.15) is 23.0 Å². The van der Waals surface area contributed by atoms with E-state index in [1.54, 1.807) is 4.90 Å². The van der Waals surface area contributed by atoms with Crippen molar-refractivity contribution in [2.45, 2.75) is 57.6 Å². The number of carboxylic acids is 1. The van der Waals surface area contributed by atoms with Crippen molar-refractivity contribution in [3.63, 3.8) is 0 Å². The molecular weight excluding hydrogens is 537 g/mol. The maximum Gasteiger partial charge on any atom is 0.490 e. The van der Waals surface area contributed by atoms with Crippen LogP contribution in [0.1, 0.15) is 43.4 Å². The predicted molar refractivity (Wildman–Crippen MR) is 139 cm³/mol. The molecule has 0 unspecified atom stereocenters. The molecule has 0 bridgehead atoms. The van der Waals surface area contributed by atoms with Crippen LogP contribution >= 0.6 is 0 Å².